The number of fused-ring (bicyclic) bond motifs is 2. The fraction of sp³-hybridized carbons (Fsp3) is 0.409. The molecule has 0 aliphatic carbocycles. The van der Waals surface area contributed by atoms with Crippen molar-refractivity contribution in [2.75, 3.05) is 31.6 Å². The minimum atomic E-state index is 0.415. The summed E-state index contributed by atoms with van der Waals surface area (Å²) in [7, 11) is 2.24. The van der Waals surface area contributed by atoms with Crippen molar-refractivity contribution in [3.8, 4) is 0 Å². The summed E-state index contributed by atoms with van der Waals surface area (Å²) in [5.41, 5.74) is 6.84. The molecule has 1 atom stereocenters. The largest absolute Gasteiger partial charge is 0.372 e. The van der Waals surface area contributed by atoms with Crippen LogP contribution in [0.4, 0.5) is 5.69 Å². The first-order chi connectivity index (χ1) is 12.8. The van der Waals surface area contributed by atoms with Crippen molar-refractivity contribution in [3.63, 3.8) is 0 Å². The smallest absolute Gasteiger partial charge is 0.0809 e. The Morgan fingerprint density at radius 2 is 1.96 bits per heavy atom. The molecule has 3 aromatic rings. The predicted octanol–water partition coefficient (Wildman–Crippen LogP) is 4.86. The third-order valence-corrected chi connectivity index (χ3v) is 6.74. The molecule has 0 radical (unpaired) electrons. The Morgan fingerprint density at radius 3 is 2.85 bits per heavy atom. The van der Waals surface area contributed by atoms with Gasteiger partial charge in [-0.1, -0.05) is 6.07 Å². The molecule has 134 valence electrons. The minimum absolute atomic E-state index is 0.415. The number of anilines is 1. The van der Waals surface area contributed by atoms with Gasteiger partial charge in [-0.05, 0) is 72.6 Å². The van der Waals surface area contributed by atoms with Crippen LogP contribution in [0.1, 0.15) is 41.9 Å². The van der Waals surface area contributed by atoms with Crippen molar-refractivity contribution in [2.24, 2.45) is 0 Å². The normalized spacial score (nSPS) is 21.1. The lowest BCUT2D eigenvalue weighted by Gasteiger charge is -2.35. The second-order valence-electron chi connectivity index (χ2n) is 7.75. The number of nitrogens with zero attached hydrogens (tertiary/aromatic N) is 3. The molecule has 0 spiro atoms. The molecule has 1 unspecified atom stereocenters. The molecule has 0 bridgehead atoms. The van der Waals surface area contributed by atoms with Gasteiger partial charge < -0.3 is 9.80 Å². The van der Waals surface area contributed by atoms with Crippen LogP contribution in [0.2, 0.25) is 0 Å². The molecule has 0 amide bonds. The quantitative estimate of drug-likeness (QED) is 0.648. The van der Waals surface area contributed by atoms with Gasteiger partial charge in [0.15, 0.2) is 0 Å². The van der Waals surface area contributed by atoms with Gasteiger partial charge in [0.05, 0.1) is 10.2 Å². The molecule has 0 saturated carbocycles. The van der Waals surface area contributed by atoms with Crippen molar-refractivity contribution in [1.82, 2.24) is 9.88 Å². The first-order valence-corrected chi connectivity index (χ1v) is 10.6. The zero-order chi connectivity index (χ0) is 17.5. The van der Waals surface area contributed by atoms with Gasteiger partial charge in [0.2, 0.25) is 0 Å². The molecule has 0 N–H and O–H groups in total. The lowest BCUT2D eigenvalue weighted by Crippen LogP contribution is -2.32. The molecular formula is C22H25N3S. The van der Waals surface area contributed by atoms with E-state index in [0.29, 0.717) is 5.92 Å². The van der Waals surface area contributed by atoms with Gasteiger partial charge in [-0.25, -0.2) is 0 Å². The van der Waals surface area contributed by atoms with E-state index in [1.165, 1.54) is 59.4 Å². The summed E-state index contributed by atoms with van der Waals surface area (Å²) in [6, 6.07) is 11.6. The zero-order valence-electron chi connectivity index (χ0n) is 15.3. The fourth-order valence-electron chi connectivity index (χ4n) is 4.52. The summed E-state index contributed by atoms with van der Waals surface area (Å²) in [4.78, 5) is 9.70. The van der Waals surface area contributed by atoms with Gasteiger partial charge in [-0.3, -0.25) is 4.98 Å². The molecule has 2 aliphatic rings. The maximum Gasteiger partial charge on any atom is 0.0809 e. The number of likely N-dealkylation sites (N-methyl/N-ethyl adjacent to an activating group) is 1. The standard InChI is InChI=1S/C22H25N3S/c1-24-14-17-11-18(25-8-3-2-4-9-25)5-6-19(17)20(15-24)16-12-22-21(23-13-16)7-10-26-22/h5-7,10-13,20H,2-4,8-9,14-15H2,1H3. The van der Waals surface area contributed by atoms with Crippen LogP contribution in [-0.4, -0.2) is 36.6 Å². The summed E-state index contributed by atoms with van der Waals surface area (Å²) in [5.74, 6) is 0.415. The Kier molecular flexibility index (Phi) is 4.18. The Hall–Kier alpha value is -1.91. The van der Waals surface area contributed by atoms with Crippen LogP contribution in [0.3, 0.4) is 0 Å². The van der Waals surface area contributed by atoms with Gasteiger partial charge in [-0.2, -0.15) is 0 Å². The van der Waals surface area contributed by atoms with Crippen LogP contribution in [-0.2, 0) is 6.54 Å². The van der Waals surface area contributed by atoms with Gasteiger partial charge in [0.25, 0.3) is 0 Å². The van der Waals surface area contributed by atoms with Crippen molar-refractivity contribution < 1.29 is 0 Å². The van der Waals surface area contributed by atoms with Crippen LogP contribution in [0.25, 0.3) is 10.2 Å². The monoisotopic (exact) mass is 363 g/mol. The SMILES string of the molecule is CN1Cc2cc(N3CCCCC3)ccc2C(c2cnc3ccsc3c2)C1. The van der Waals surface area contributed by atoms with E-state index in [2.05, 4.69) is 63.7 Å². The molecule has 2 aliphatic heterocycles. The maximum absolute atomic E-state index is 4.69. The fourth-order valence-corrected chi connectivity index (χ4v) is 5.31. The number of rotatable bonds is 2. The van der Waals surface area contributed by atoms with Crippen LogP contribution in [0, 0.1) is 0 Å². The number of hydrogen-bond acceptors (Lipinski definition) is 4. The lowest BCUT2D eigenvalue weighted by molar-refractivity contribution is 0.295. The molecule has 3 nitrogen and oxygen atoms in total. The van der Waals surface area contributed by atoms with E-state index >= 15 is 0 Å². The number of piperidine rings is 1. The Bertz CT molecular complexity index is 926. The summed E-state index contributed by atoms with van der Waals surface area (Å²) in [6.07, 6.45) is 6.11. The number of pyridine rings is 1. The van der Waals surface area contributed by atoms with Crippen LogP contribution in [0.5, 0.6) is 0 Å². The molecule has 1 aromatic carbocycles. The topological polar surface area (TPSA) is 19.4 Å². The molecule has 2 aromatic heterocycles. The Balaban J connectivity index is 1.52. The number of hydrogen-bond donors (Lipinski definition) is 0. The summed E-state index contributed by atoms with van der Waals surface area (Å²) in [6.45, 7) is 4.52. The predicted molar refractivity (Wildman–Crippen MR) is 110 cm³/mol. The Labute approximate surface area is 159 Å². The summed E-state index contributed by atoms with van der Waals surface area (Å²) >= 11 is 1.79. The van der Waals surface area contributed by atoms with Gasteiger partial charge >= 0.3 is 0 Å². The number of aromatic nitrogens is 1. The average Bonchev–Trinajstić information content (AvgIpc) is 3.15. The summed E-state index contributed by atoms with van der Waals surface area (Å²) < 4.78 is 1.29. The maximum atomic E-state index is 4.69. The van der Waals surface area contributed by atoms with E-state index in [-0.39, 0.29) is 0 Å². The highest BCUT2D eigenvalue weighted by Gasteiger charge is 2.26. The van der Waals surface area contributed by atoms with Crippen molar-refractivity contribution in [2.45, 2.75) is 31.7 Å². The second kappa shape index (κ2) is 6.67. The molecule has 4 heterocycles. The first kappa shape index (κ1) is 16.3. The molecular weight excluding hydrogens is 338 g/mol. The molecule has 26 heavy (non-hydrogen) atoms. The Morgan fingerprint density at radius 1 is 1.08 bits per heavy atom. The molecule has 5 rings (SSSR count). The van der Waals surface area contributed by atoms with E-state index in [4.69, 9.17) is 0 Å². The minimum Gasteiger partial charge on any atom is -0.372 e. The molecule has 4 heteroatoms. The van der Waals surface area contributed by atoms with Gasteiger partial charge in [0, 0.05) is 44.0 Å². The summed E-state index contributed by atoms with van der Waals surface area (Å²) in [5, 5.41) is 2.13. The number of thiophene rings is 1. The van der Waals surface area contributed by atoms with Crippen LogP contribution in [0.15, 0.2) is 41.9 Å². The first-order valence-electron chi connectivity index (χ1n) is 9.67. The van der Waals surface area contributed by atoms with E-state index < -0.39 is 0 Å². The highest BCUT2D eigenvalue weighted by molar-refractivity contribution is 7.17. The molecule has 1 saturated heterocycles. The third kappa shape index (κ3) is 2.91. The highest BCUT2D eigenvalue weighted by atomic mass is 32.1. The zero-order valence-corrected chi connectivity index (χ0v) is 16.1. The average molecular weight is 364 g/mol. The van der Waals surface area contributed by atoms with E-state index in [1.54, 1.807) is 11.3 Å². The molecule has 1 fully saturated rings. The van der Waals surface area contributed by atoms with Crippen molar-refractivity contribution in [3.05, 3.63) is 58.6 Å². The van der Waals surface area contributed by atoms with Crippen LogP contribution >= 0.6 is 11.3 Å². The lowest BCUT2D eigenvalue weighted by atomic mass is 9.85. The third-order valence-electron chi connectivity index (χ3n) is 5.88. The van der Waals surface area contributed by atoms with E-state index in [0.717, 1.165) is 18.6 Å². The highest BCUT2D eigenvalue weighted by Crippen LogP contribution is 2.36. The van der Waals surface area contributed by atoms with Crippen molar-refractivity contribution in [1.29, 1.82) is 0 Å². The van der Waals surface area contributed by atoms with Crippen LogP contribution < -0.4 is 4.90 Å². The van der Waals surface area contributed by atoms with Gasteiger partial charge in [-0.15, -0.1) is 11.3 Å². The number of benzene rings is 1. The van der Waals surface area contributed by atoms with E-state index in [9.17, 15) is 0 Å². The van der Waals surface area contributed by atoms with E-state index in [1.807, 2.05) is 0 Å². The second-order valence-corrected chi connectivity index (χ2v) is 8.70. The van der Waals surface area contributed by atoms with Crippen molar-refractivity contribution >= 4 is 27.2 Å². The van der Waals surface area contributed by atoms with Gasteiger partial charge in [0.1, 0.15) is 0 Å².